The van der Waals surface area contributed by atoms with Crippen molar-refractivity contribution in [3.05, 3.63) is 23.9 Å². The van der Waals surface area contributed by atoms with Crippen LogP contribution in [0, 0.1) is 5.41 Å². The highest BCUT2D eigenvalue weighted by Gasteiger charge is 2.22. The van der Waals surface area contributed by atoms with Crippen molar-refractivity contribution in [2.75, 3.05) is 0 Å². The smallest absolute Gasteiger partial charge is 0.00885 e. The van der Waals surface area contributed by atoms with E-state index in [4.69, 9.17) is 5.73 Å². The third kappa shape index (κ3) is 1.63. The van der Waals surface area contributed by atoms with Crippen LogP contribution < -0.4 is 5.73 Å². The van der Waals surface area contributed by atoms with Gasteiger partial charge in [-0.2, -0.15) is 0 Å². The summed E-state index contributed by atoms with van der Waals surface area (Å²) in [6.45, 7) is 8.34. The molecule has 56 valence electrons. The fourth-order valence-corrected chi connectivity index (χ4v) is 1.59. The van der Waals surface area contributed by atoms with E-state index < -0.39 is 0 Å². The van der Waals surface area contributed by atoms with Crippen molar-refractivity contribution in [1.82, 2.24) is 0 Å². The molecule has 10 heavy (non-hydrogen) atoms. The van der Waals surface area contributed by atoms with Gasteiger partial charge in [0.1, 0.15) is 0 Å². The lowest BCUT2D eigenvalue weighted by atomic mass is 9.78. The molecular weight excluding hydrogens is 122 g/mol. The molecule has 0 bridgehead atoms. The molecule has 0 aliphatic heterocycles. The van der Waals surface area contributed by atoms with Crippen LogP contribution in [0.3, 0.4) is 0 Å². The number of allylic oxidation sites excluding steroid dienone is 3. The van der Waals surface area contributed by atoms with Crippen molar-refractivity contribution >= 4 is 0 Å². The molecule has 0 saturated heterocycles. The Hall–Kier alpha value is -0.720. The van der Waals surface area contributed by atoms with E-state index in [0.29, 0.717) is 5.41 Å². The summed E-state index contributed by atoms with van der Waals surface area (Å²) in [5.41, 5.74) is 8.16. The van der Waals surface area contributed by atoms with Crippen molar-refractivity contribution in [1.29, 1.82) is 0 Å². The molecule has 0 aromatic heterocycles. The van der Waals surface area contributed by atoms with Crippen LogP contribution in [0.4, 0.5) is 0 Å². The first-order valence-electron chi connectivity index (χ1n) is 3.63. The van der Waals surface area contributed by atoms with Gasteiger partial charge in [0, 0.05) is 5.70 Å². The predicted octanol–water partition coefficient (Wildman–Crippen LogP) is 2.21. The standard InChI is InChI=1S/C9H15N/c1-7-4-8(10)6-9(2,3)5-7/h4H,1,5-6,10H2,2-3H3. The SMILES string of the molecule is C=C1C=C(N)CC(C)(C)C1. The van der Waals surface area contributed by atoms with Gasteiger partial charge in [-0.1, -0.05) is 26.0 Å². The lowest BCUT2D eigenvalue weighted by Gasteiger charge is -2.29. The molecule has 0 amide bonds. The average Bonchev–Trinajstić information content (AvgIpc) is 1.54. The van der Waals surface area contributed by atoms with Crippen molar-refractivity contribution in [3.8, 4) is 0 Å². The van der Waals surface area contributed by atoms with Gasteiger partial charge in [-0.25, -0.2) is 0 Å². The van der Waals surface area contributed by atoms with Gasteiger partial charge in [-0.3, -0.25) is 0 Å². The minimum atomic E-state index is 0.329. The van der Waals surface area contributed by atoms with Crippen LogP contribution in [-0.2, 0) is 0 Å². The molecule has 1 nitrogen and oxygen atoms in total. The fraction of sp³-hybridized carbons (Fsp3) is 0.556. The summed E-state index contributed by atoms with van der Waals surface area (Å²) >= 11 is 0. The Bertz CT molecular complexity index is 187. The van der Waals surface area contributed by atoms with Crippen molar-refractivity contribution in [2.24, 2.45) is 11.1 Å². The maximum absolute atomic E-state index is 5.70. The number of hydrogen-bond acceptors (Lipinski definition) is 1. The van der Waals surface area contributed by atoms with E-state index in [2.05, 4.69) is 20.4 Å². The largest absolute Gasteiger partial charge is 0.402 e. The predicted molar refractivity (Wildman–Crippen MR) is 44.4 cm³/mol. The number of rotatable bonds is 0. The Balaban J connectivity index is 2.80. The van der Waals surface area contributed by atoms with Gasteiger partial charge in [-0.05, 0) is 24.3 Å². The van der Waals surface area contributed by atoms with E-state index >= 15 is 0 Å². The Kier molecular flexibility index (Phi) is 1.59. The van der Waals surface area contributed by atoms with E-state index in [1.165, 1.54) is 0 Å². The zero-order chi connectivity index (χ0) is 7.78. The van der Waals surface area contributed by atoms with E-state index in [0.717, 1.165) is 24.1 Å². The Morgan fingerprint density at radius 3 is 2.50 bits per heavy atom. The summed E-state index contributed by atoms with van der Waals surface area (Å²) in [4.78, 5) is 0. The molecular formula is C9H15N. The first kappa shape index (κ1) is 7.39. The van der Waals surface area contributed by atoms with Crippen LogP contribution in [0.25, 0.3) is 0 Å². The molecule has 0 spiro atoms. The Morgan fingerprint density at radius 1 is 1.50 bits per heavy atom. The van der Waals surface area contributed by atoms with Crippen LogP contribution in [-0.4, -0.2) is 0 Å². The van der Waals surface area contributed by atoms with Gasteiger partial charge in [0.15, 0.2) is 0 Å². The third-order valence-corrected chi connectivity index (χ3v) is 1.78. The van der Waals surface area contributed by atoms with Crippen LogP contribution in [0.1, 0.15) is 26.7 Å². The molecule has 1 aliphatic carbocycles. The van der Waals surface area contributed by atoms with Gasteiger partial charge in [0.05, 0.1) is 0 Å². The summed E-state index contributed by atoms with van der Waals surface area (Å²) < 4.78 is 0. The number of hydrogen-bond donors (Lipinski definition) is 1. The van der Waals surface area contributed by atoms with Gasteiger partial charge >= 0.3 is 0 Å². The molecule has 0 aromatic carbocycles. The number of nitrogens with two attached hydrogens (primary N) is 1. The molecule has 2 N–H and O–H groups in total. The van der Waals surface area contributed by atoms with Crippen LogP contribution >= 0.6 is 0 Å². The zero-order valence-corrected chi connectivity index (χ0v) is 6.78. The molecule has 0 atom stereocenters. The second-order valence-electron chi connectivity index (χ2n) is 3.90. The zero-order valence-electron chi connectivity index (χ0n) is 6.78. The Morgan fingerprint density at radius 2 is 2.10 bits per heavy atom. The minimum Gasteiger partial charge on any atom is -0.402 e. The monoisotopic (exact) mass is 137 g/mol. The first-order valence-corrected chi connectivity index (χ1v) is 3.63. The molecule has 0 saturated carbocycles. The molecule has 0 radical (unpaired) electrons. The summed E-state index contributed by atoms with van der Waals surface area (Å²) in [5.74, 6) is 0. The summed E-state index contributed by atoms with van der Waals surface area (Å²) in [6, 6.07) is 0. The lowest BCUT2D eigenvalue weighted by molar-refractivity contribution is 0.350. The highest BCUT2D eigenvalue weighted by molar-refractivity contribution is 5.25. The van der Waals surface area contributed by atoms with Gasteiger partial charge < -0.3 is 5.73 Å². The maximum Gasteiger partial charge on any atom is 0.00885 e. The summed E-state index contributed by atoms with van der Waals surface area (Å²) in [6.07, 6.45) is 4.07. The van der Waals surface area contributed by atoms with E-state index in [1.54, 1.807) is 0 Å². The highest BCUT2D eigenvalue weighted by atomic mass is 14.6. The highest BCUT2D eigenvalue weighted by Crippen LogP contribution is 2.35. The maximum atomic E-state index is 5.70. The quantitative estimate of drug-likeness (QED) is 0.544. The summed E-state index contributed by atoms with van der Waals surface area (Å²) in [7, 11) is 0. The van der Waals surface area contributed by atoms with Crippen LogP contribution in [0.5, 0.6) is 0 Å². The molecule has 0 unspecified atom stereocenters. The molecule has 1 heteroatoms. The lowest BCUT2D eigenvalue weighted by Crippen LogP contribution is -2.20. The van der Waals surface area contributed by atoms with Gasteiger partial charge in [0.25, 0.3) is 0 Å². The van der Waals surface area contributed by atoms with Crippen LogP contribution in [0.15, 0.2) is 23.9 Å². The second kappa shape index (κ2) is 2.15. The van der Waals surface area contributed by atoms with Crippen molar-refractivity contribution < 1.29 is 0 Å². The molecule has 1 rings (SSSR count). The van der Waals surface area contributed by atoms with Crippen LogP contribution in [0.2, 0.25) is 0 Å². The van der Waals surface area contributed by atoms with Crippen molar-refractivity contribution in [3.63, 3.8) is 0 Å². The molecule has 0 heterocycles. The second-order valence-corrected chi connectivity index (χ2v) is 3.90. The van der Waals surface area contributed by atoms with E-state index in [-0.39, 0.29) is 0 Å². The average molecular weight is 137 g/mol. The minimum absolute atomic E-state index is 0.329. The Labute approximate surface area is 62.6 Å². The molecule has 0 fully saturated rings. The van der Waals surface area contributed by atoms with Crippen molar-refractivity contribution in [2.45, 2.75) is 26.7 Å². The van der Waals surface area contributed by atoms with E-state index in [9.17, 15) is 0 Å². The normalized spacial score (nSPS) is 24.2. The third-order valence-electron chi connectivity index (χ3n) is 1.78. The topological polar surface area (TPSA) is 26.0 Å². The van der Waals surface area contributed by atoms with E-state index in [1.807, 2.05) is 6.08 Å². The molecule has 0 aromatic rings. The molecule has 1 aliphatic rings. The van der Waals surface area contributed by atoms with Gasteiger partial charge in [-0.15, -0.1) is 0 Å². The fourth-order valence-electron chi connectivity index (χ4n) is 1.59. The first-order chi connectivity index (χ1) is 4.49. The summed E-state index contributed by atoms with van der Waals surface area (Å²) in [5, 5.41) is 0. The van der Waals surface area contributed by atoms with Gasteiger partial charge in [0.2, 0.25) is 0 Å².